The molecular weight excluding hydrogens is 531 g/mol. The highest BCUT2D eigenvalue weighted by Crippen LogP contribution is 2.34. The molecule has 0 saturated heterocycles. The number of thiazole rings is 1. The third kappa shape index (κ3) is 4.70. The molecular formula is C28H22Cl2N2O4S. The number of aromatic nitrogens is 1. The number of halogens is 2. The number of hydrogen-bond donors (Lipinski definition) is 0. The number of esters is 1. The summed E-state index contributed by atoms with van der Waals surface area (Å²) in [6.07, 6.45) is 1.67. The van der Waals surface area contributed by atoms with Crippen molar-refractivity contribution in [2.24, 2.45) is 4.99 Å². The largest absolute Gasteiger partial charge is 0.463 e. The Morgan fingerprint density at radius 2 is 1.89 bits per heavy atom. The second kappa shape index (κ2) is 10.2. The quantitative estimate of drug-likeness (QED) is 0.299. The van der Waals surface area contributed by atoms with E-state index in [1.165, 1.54) is 11.3 Å². The highest BCUT2D eigenvalue weighted by molar-refractivity contribution is 7.07. The third-order valence-corrected chi connectivity index (χ3v) is 7.83. The summed E-state index contributed by atoms with van der Waals surface area (Å²) in [4.78, 5) is 31.8. The average Bonchev–Trinajstić information content (AvgIpc) is 3.45. The number of carbonyl (C=O) groups excluding carboxylic acids is 1. The van der Waals surface area contributed by atoms with Gasteiger partial charge in [-0.3, -0.25) is 9.36 Å². The van der Waals surface area contributed by atoms with E-state index in [2.05, 4.69) is 4.99 Å². The lowest BCUT2D eigenvalue weighted by atomic mass is 9.95. The van der Waals surface area contributed by atoms with Crippen molar-refractivity contribution in [3.63, 3.8) is 0 Å². The molecule has 0 fully saturated rings. The molecule has 0 spiro atoms. The van der Waals surface area contributed by atoms with Crippen LogP contribution in [0.1, 0.15) is 36.8 Å². The molecule has 0 saturated carbocycles. The Hall–Kier alpha value is -3.39. The molecule has 0 bridgehead atoms. The van der Waals surface area contributed by atoms with E-state index in [4.69, 9.17) is 32.4 Å². The van der Waals surface area contributed by atoms with Gasteiger partial charge in [0, 0.05) is 11.6 Å². The maximum absolute atomic E-state index is 13.7. The molecule has 3 heterocycles. The van der Waals surface area contributed by atoms with Crippen molar-refractivity contribution in [2.75, 3.05) is 6.61 Å². The minimum Gasteiger partial charge on any atom is -0.463 e. The van der Waals surface area contributed by atoms with Crippen molar-refractivity contribution in [1.29, 1.82) is 0 Å². The van der Waals surface area contributed by atoms with Crippen molar-refractivity contribution >= 4 is 46.6 Å². The molecule has 37 heavy (non-hydrogen) atoms. The summed E-state index contributed by atoms with van der Waals surface area (Å²) < 4.78 is 13.3. The fourth-order valence-corrected chi connectivity index (χ4v) is 5.67. The van der Waals surface area contributed by atoms with E-state index in [0.29, 0.717) is 47.7 Å². The van der Waals surface area contributed by atoms with Crippen molar-refractivity contribution in [2.45, 2.75) is 26.8 Å². The van der Waals surface area contributed by atoms with E-state index in [9.17, 15) is 9.59 Å². The number of carbonyl (C=O) groups is 1. The summed E-state index contributed by atoms with van der Waals surface area (Å²) in [6, 6.07) is 15.9. The molecule has 0 amide bonds. The molecule has 0 aliphatic carbocycles. The van der Waals surface area contributed by atoms with Gasteiger partial charge in [0.2, 0.25) is 0 Å². The number of aryl methyl sites for hydroxylation is 1. The molecule has 5 rings (SSSR count). The smallest absolute Gasteiger partial charge is 0.338 e. The molecule has 4 aromatic rings. The normalized spacial score (nSPS) is 15.5. The van der Waals surface area contributed by atoms with Gasteiger partial charge in [-0.15, -0.1) is 0 Å². The van der Waals surface area contributed by atoms with Crippen LogP contribution in [0.25, 0.3) is 17.4 Å². The van der Waals surface area contributed by atoms with Gasteiger partial charge in [0.1, 0.15) is 11.5 Å². The molecule has 0 radical (unpaired) electrons. The Bertz CT molecular complexity index is 1730. The van der Waals surface area contributed by atoms with Gasteiger partial charge in [-0.05, 0) is 50.6 Å². The molecule has 188 valence electrons. The minimum absolute atomic E-state index is 0.220. The summed E-state index contributed by atoms with van der Waals surface area (Å²) in [5.41, 5.74) is 3.12. The Balaban J connectivity index is 1.64. The number of nitrogens with zero attached hydrogens (tertiary/aromatic N) is 2. The number of hydrogen-bond acceptors (Lipinski definition) is 6. The zero-order chi connectivity index (χ0) is 26.3. The molecule has 2 aromatic heterocycles. The van der Waals surface area contributed by atoms with E-state index < -0.39 is 12.0 Å². The highest BCUT2D eigenvalue weighted by Gasteiger charge is 2.33. The van der Waals surface area contributed by atoms with Gasteiger partial charge in [-0.1, -0.05) is 70.4 Å². The lowest BCUT2D eigenvalue weighted by molar-refractivity contribution is -0.139. The van der Waals surface area contributed by atoms with Crippen LogP contribution in [-0.4, -0.2) is 17.1 Å². The summed E-state index contributed by atoms with van der Waals surface area (Å²) in [5, 5.41) is 0.818. The van der Waals surface area contributed by atoms with E-state index in [1.54, 1.807) is 48.8 Å². The lowest BCUT2D eigenvalue weighted by Crippen LogP contribution is -2.39. The predicted octanol–water partition coefficient (Wildman–Crippen LogP) is 5.67. The number of fused-ring (bicyclic) bond motifs is 1. The SMILES string of the molecule is CCOC(=O)C1=C(C)N=c2sc(=Cc3ccc(-c4cccc(Cl)c4Cl)o3)c(=O)n2C1c1ccc(C)cc1. The summed E-state index contributed by atoms with van der Waals surface area (Å²) >= 11 is 13.7. The number of allylic oxidation sites excluding steroid dienone is 1. The topological polar surface area (TPSA) is 73.8 Å². The first-order valence-corrected chi connectivity index (χ1v) is 13.2. The Kier molecular flexibility index (Phi) is 6.94. The molecule has 1 unspecified atom stereocenters. The molecule has 0 N–H and O–H groups in total. The second-order valence-corrected chi connectivity index (χ2v) is 10.3. The monoisotopic (exact) mass is 552 g/mol. The van der Waals surface area contributed by atoms with E-state index in [1.807, 2.05) is 37.3 Å². The highest BCUT2D eigenvalue weighted by atomic mass is 35.5. The van der Waals surface area contributed by atoms with Crippen LogP contribution in [0.15, 0.2) is 80.1 Å². The first-order valence-electron chi connectivity index (χ1n) is 11.6. The van der Waals surface area contributed by atoms with Gasteiger partial charge in [0.25, 0.3) is 5.56 Å². The number of ether oxygens (including phenoxy) is 1. The van der Waals surface area contributed by atoms with Crippen LogP contribution in [-0.2, 0) is 9.53 Å². The van der Waals surface area contributed by atoms with Gasteiger partial charge in [-0.2, -0.15) is 0 Å². The maximum atomic E-state index is 13.7. The van der Waals surface area contributed by atoms with Crippen LogP contribution in [0.5, 0.6) is 0 Å². The second-order valence-electron chi connectivity index (χ2n) is 8.52. The van der Waals surface area contributed by atoms with Gasteiger partial charge >= 0.3 is 5.97 Å². The lowest BCUT2D eigenvalue weighted by Gasteiger charge is -2.24. The Labute approximate surface area is 226 Å². The fourth-order valence-electron chi connectivity index (χ4n) is 4.25. The number of rotatable bonds is 5. The molecule has 1 aliphatic heterocycles. The zero-order valence-electron chi connectivity index (χ0n) is 20.2. The van der Waals surface area contributed by atoms with Gasteiger partial charge in [-0.25, -0.2) is 9.79 Å². The van der Waals surface area contributed by atoms with Crippen LogP contribution in [0.3, 0.4) is 0 Å². The van der Waals surface area contributed by atoms with Crippen LogP contribution in [0, 0.1) is 6.92 Å². The first kappa shape index (κ1) is 25.3. The number of benzene rings is 2. The molecule has 6 nitrogen and oxygen atoms in total. The van der Waals surface area contributed by atoms with Crippen LogP contribution in [0.4, 0.5) is 0 Å². The van der Waals surface area contributed by atoms with Crippen molar-refractivity contribution in [3.05, 3.63) is 112 Å². The van der Waals surface area contributed by atoms with Crippen LogP contribution >= 0.6 is 34.5 Å². The summed E-state index contributed by atoms with van der Waals surface area (Å²) in [6.45, 7) is 5.71. The van der Waals surface area contributed by atoms with Crippen molar-refractivity contribution in [3.8, 4) is 11.3 Å². The molecule has 1 atom stereocenters. The van der Waals surface area contributed by atoms with Crippen LogP contribution < -0.4 is 14.9 Å². The minimum atomic E-state index is -0.657. The Morgan fingerprint density at radius 3 is 2.62 bits per heavy atom. The van der Waals surface area contributed by atoms with Gasteiger partial charge in [0.05, 0.1) is 38.5 Å². The molecule has 1 aliphatic rings. The molecule has 2 aromatic carbocycles. The predicted molar refractivity (Wildman–Crippen MR) is 146 cm³/mol. The zero-order valence-corrected chi connectivity index (χ0v) is 22.6. The summed E-state index contributed by atoms with van der Waals surface area (Å²) in [7, 11) is 0. The maximum Gasteiger partial charge on any atom is 0.338 e. The van der Waals surface area contributed by atoms with Crippen LogP contribution in [0.2, 0.25) is 10.0 Å². The fraction of sp³-hybridized carbons (Fsp3) is 0.179. The first-order chi connectivity index (χ1) is 17.8. The number of furan rings is 1. The van der Waals surface area contributed by atoms with Gasteiger partial charge in [0.15, 0.2) is 4.80 Å². The van der Waals surface area contributed by atoms with Crippen molar-refractivity contribution < 1.29 is 13.9 Å². The summed E-state index contributed by atoms with van der Waals surface area (Å²) in [5.74, 6) is 0.520. The van der Waals surface area contributed by atoms with Crippen molar-refractivity contribution in [1.82, 2.24) is 4.57 Å². The molecule has 9 heteroatoms. The third-order valence-electron chi connectivity index (χ3n) is 6.03. The van der Waals surface area contributed by atoms with Gasteiger partial charge < -0.3 is 9.15 Å². The Morgan fingerprint density at radius 1 is 1.14 bits per heavy atom. The van der Waals surface area contributed by atoms with E-state index >= 15 is 0 Å². The average molecular weight is 553 g/mol. The van der Waals surface area contributed by atoms with E-state index in [-0.39, 0.29) is 12.2 Å². The standard InChI is InChI=1S/C28H22Cl2N2O4S/c1-4-35-27(34)23-16(3)31-28-32(25(23)17-10-8-15(2)9-11-17)26(33)22(37-28)14-18-12-13-21(36-18)19-6-5-7-20(29)24(19)30/h5-14,25H,4H2,1-3H3. The van der Waals surface area contributed by atoms with E-state index in [0.717, 1.165) is 11.1 Å².